The molecule has 0 bridgehead atoms. The van der Waals surface area contributed by atoms with Crippen molar-refractivity contribution in [1.29, 1.82) is 0 Å². The number of halogens is 1. The molecule has 1 atom stereocenters. The lowest BCUT2D eigenvalue weighted by Gasteiger charge is -2.28. The molecule has 1 unspecified atom stereocenters. The fourth-order valence-electron chi connectivity index (χ4n) is 2.62. The van der Waals surface area contributed by atoms with Crippen LogP contribution in [0, 0.1) is 6.92 Å². The van der Waals surface area contributed by atoms with E-state index in [1.807, 2.05) is 12.1 Å². The molecule has 1 heterocycles. The normalized spacial score (nSPS) is 20.6. The van der Waals surface area contributed by atoms with Crippen molar-refractivity contribution in [3.05, 3.63) is 70.2 Å². The van der Waals surface area contributed by atoms with Crippen molar-refractivity contribution in [3.8, 4) is 0 Å². The summed E-state index contributed by atoms with van der Waals surface area (Å²) in [6.45, 7) is 4.30. The number of hydrogen-bond acceptors (Lipinski definition) is 3. The fraction of sp³-hybridized carbons (Fsp3) is 0.278. The van der Waals surface area contributed by atoms with Crippen LogP contribution in [0.15, 0.2) is 53.6 Å². The summed E-state index contributed by atoms with van der Waals surface area (Å²) < 4.78 is 0. The number of nitrogens with zero attached hydrogens (tertiary/aromatic N) is 1. The van der Waals surface area contributed by atoms with Crippen LogP contribution in [-0.2, 0) is 4.87 Å². The average Bonchev–Trinajstić information content (AvgIpc) is 2.94. The topological polar surface area (TPSA) is 24.4 Å². The summed E-state index contributed by atoms with van der Waals surface area (Å²) in [6, 6.07) is 16.6. The molecule has 0 aromatic heterocycles. The first-order valence-electron chi connectivity index (χ1n) is 7.50. The molecule has 4 heteroatoms. The molecule has 114 valence electrons. The van der Waals surface area contributed by atoms with Crippen LogP contribution >= 0.6 is 23.4 Å². The van der Waals surface area contributed by atoms with Gasteiger partial charge in [0.2, 0.25) is 0 Å². The molecule has 0 aliphatic carbocycles. The highest BCUT2D eigenvalue weighted by Crippen LogP contribution is 2.44. The van der Waals surface area contributed by atoms with Crippen LogP contribution in [-0.4, -0.2) is 5.04 Å². The smallest absolute Gasteiger partial charge is 0.131 e. The molecule has 0 radical (unpaired) electrons. The largest absolute Gasteiger partial charge is 0.288 e. The zero-order valence-corrected chi connectivity index (χ0v) is 14.3. The number of hydrazone groups is 1. The molecule has 2 aromatic carbocycles. The maximum absolute atomic E-state index is 6.02. The first-order valence-corrected chi connectivity index (χ1v) is 8.69. The van der Waals surface area contributed by atoms with Crippen molar-refractivity contribution in [1.82, 2.24) is 5.43 Å². The summed E-state index contributed by atoms with van der Waals surface area (Å²) in [5.41, 5.74) is 7.02. The standard InChI is InChI=1S/C18H19ClN2S/c1-3-12-18(15-8-10-16(19)11-9-15)21-20-17(22-18)14-6-4-13(2)5-7-14/h4-11,21H,3,12H2,1-2H3. The van der Waals surface area contributed by atoms with Gasteiger partial charge in [-0.05, 0) is 31.0 Å². The lowest BCUT2D eigenvalue weighted by molar-refractivity contribution is 0.472. The van der Waals surface area contributed by atoms with Gasteiger partial charge in [-0.25, -0.2) is 0 Å². The van der Waals surface area contributed by atoms with E-state index in [9.17, 15) is 0 Å². The zero-order chi connectivity index (χ0) is 15.6. The number of hydrogen-bond donors (Lipinski definition) is 1. The Labute approximate surface area is 141 Å². The van der Waals surface area contributed by atoms with Gasteiger partial charge in [0.25, 0.3) is 0 Å². The third-order valence-corrected chi connectivity index (χ3v) is 5.47. The minimum absolute atomic E-state index is 0.195. The first kappa shape index (κ1) is 15.4. The maximum Gasteiger partial charge on any atom is 0.131 e. The van der Waals surface area contributed by atoms with Crippen molar-refractivity contribution in [3.63, 3.8) is 0 Å². The van der Waals surface area contributed by atoms with Gasteiger partial charge < -0.3 is 0 Å². The Morgan fingerprint density at radius 3 is 2.41 bits per heavy atom. The Morgan fingerprint density at radius 1 is 1.09 bits per heavy atom. The Balaban J connectivity index is 1.89. The zero-order valence-electron chi connectivity index (χ0n) is 12.8. The van der Waals surface area contributed by atoms with Gasteiger partial charge in [-0.2, -0.15) is 5.10 Å². The highest BCUT2D eigenvalue weighted by Gasteiger charge is 2.38. The second kappa shape index (κ2) is 6.35. The van der Waals surface area contributed by atoms with Crippen molar-refractivity contribution in [2.75, 3.05) is 0 Å². The molecule has 3 rings (SSSR count). The van der Waals surface area contributed by atoms with Crippen LogP contribution in [0.3, 0.4) is 0 Å². The molecule has 0 spiro atoms. The molecule has 1 aliphatic rings. The van der Waals surface area contributed by atoms with Gasteiger partial charge in [0.1, 0.15) is 9.91 Å². The molecule has 0 saturated heterocycles. The Morgan fingerprint density at radius 2 is 1.77 bits per heavy atom. The number of aryl methyl sites for hydroxylation is 1. The van der Waals surface area contributed by atoms with E-state index < -0.39 is 0 Å². The van der Waals surface area contributed by atoms with Crippen LogP contribution < -0.4 is 5.43 Å². The fourth-order valence-corrected chi connectivity index (χ4v) is 4.07. The summed E-state index contributed by atoms with van der Waals surface area (Å²) >= 11 is 7.82. The summed E-state index contributed by atoms with van der Waals surface area (Å²) in [5, 5.41) is 6.41. The molecule has 0 saturated carbocycles. The second-order valence-corrected chi connectivity index (χ2v) is 7.30. The van der Waals surface area contributed by atoms with Gasteiger partial charge in [0.15, 0.2) is 0 Å². The molecule has 0 fully saturated rings. The van der Waals surface area contributed by atoms with Gasteiger partial charge in [-0.15, -0.1) is 0 Å². The van der Waals surface area contributed by atoms with Gasteiger partial charge in [0.05, 0.1) is 0 Å². The Bertz CT molecular complexity index is 679. The van der Waals surface area contributed by atoms with E-state index >= 15 is 0 Å². The molecule has 0 amide bonds. The quantitative estimate of drug-likeness (QED) is 0.822. The Hall–Kier alpha value is -1.45. The lowest BCUT2D eigenvalue weighted by atomic mass is 10.0. The summed E-state index contributed by atoms with van der Waals surface area (Å²) in [7, 11) is 0. The summed E-state index contributed by atoms with van der Waals surface area (Å²) in [4.78, 5) is -0.195. The van der Waals surface area contributed by atoms with Crippen LogP contribution in [0.5, 0.6) is 0 Å². The van der Waals surface area contributed by atoms with Crippen molar-refractivity contribution in [2.45, 2.75) is 31.6 Å². The molecular weight excluding hydrogens is 312 g/mol. The number of benzene rings is 2. The van der Waals surface area contributed by atoms with Crippen LogP contribution in [0.1, 0.15) is 36.5 Å². The molecule has 1 N–H and O–H groups in total. The van der Waals surface area contributed by atoms with Crippen molar-refractivity contribution in [2.24, 2.45) is 5.10 Å². The highest BCUT2D eigenvalue weighted by atomic mass is 35.5. The molecule has 22 heavy (non-hydrogen) atoms. The van der Waals surface area contributed by atoms with Crippen LogP contribution in [0.25, 0.3) is 0 Å². The predicted molar refractivity (Wildman–Crippen MR) is 96.5 cm³/mol. The van der Waals surface area contributed by atoms with Crippen LogP contribution in [0.2, 0.25) is 5.02 Å². The van der Waals surface area contributed by atoms with E-state index in [1.54, 1.807) is 11.8 Å². The van der Waals surface area contributed by atoms with Crippen LogP contribution in [0.4, 0.5) is 0 Å². The Kier molecular flexibility index (Phi) is 4.46. The van der Waals surface area contributed by atoms with Gasteiger partial charge in [-0.1, -0.05) is 78.7 Å². The van der Waals surface area contributed by atoms with Crippen molar-refractivity contribution < 1.29 is 0 Å². The third-order valence-electron chi connectivity index (χ3n) is 3.82. The predicted octanol–water partition coefficient (Wildman–Crippen LogP) is 5.30. The highest BCUT2D eigenvalue weighted by molar-refractivity contribution is 8.15. The molecule has 2 nitrogen and oxygen atoms in total. The first-order chi connectivity index (χ1) is 10.6. The number of thioether (sulfide) groups is 1. The van der Waals surface area contributed by atoms with E-state index in [1.165, 1.54) is 11.1 Å². The van der Waals surface area contributed by atoms with Gasteiger partial charge in [0, 0.05) is 10.6 Å². The third kappa shape index (κ3) is 3.01. The second-order valence-electron chi connectivity index (χ2n) is 5.58. The van der Waals surface area contributed by atoms with Gasteiger partial charge >= 0.3 is 0 Å². The number of nitrogens with one attached hydrogen (secondary N) is 1. The summed E-state index contributed by atoms with van der Waals surface area (Å²) in [6.07, 6.45) is 2.09. The molecule has 1 aliphatic heterocycles. The van der Waals surface area contributed by atoms with E-state index in [-0.39, 0.29) is 4.87 Å². The van der Waals surface area contributed by atoms with Gasteiger partial charge in [-0.3, -0.25) is 5.43 Å². The van der Waals surface area contributed by atoms with E-state index in [0.29, 0.717) is 0 Å². The molecule has 2 aromatic rings. The SMILES string of the molecule is CCCC1(c2ccc(Cl)cc2)NN=C(c2ccc(C)cc2)S1. The minimum Gasteiger partial charge on any atom is -0.288 e. The maximum atomic E-state index is 6.02. The van der Waals surface area contributed by atoms with E-state index in [0.717, 1.165) is 28.5 Å². The minimum atomic E-state index is -0.195. The molecular formula is C18H19ClN2S. The average molecular weight is 331 g/mol. The summed E-state index contributed by atoms with van der Waals surface area (Å²) in [5.74, 6) is 0. The monoisotopic (exact) mass is 330 g/mol. The van der Waals surface area contributed by atoms with E-state index in [2.05, 4.69) is 60.8 Å². The number of rotatable bonds is 4. The lowest BCUT2D eigenvalue weighted by Crippen LogP contribution is -2.32. The van der Waals surface area contributed by atoms with Crippen molar-refractivity contribution >= 4 is 28.4 Å². The van der Waals surface area contributed by atoms with E-state index in [4.69, 9.17) is 11.6 Å².